The molecule has 0 saturated heterocycles. The van der Waals surface area contributed by atoms with Gasteiger partial charge in [-0.05, 0) is 6.92 Å². The van der Waals surface area contributed by atoms with Crippen LogP contribution in [0.25, 0.3) is 0 Å². The molecule has 0 atom stereocenters. The molecule has 1 aromatic heterocycles. The zero-order valence-electron chi connectivity index (χ0n) is 7.78. The highest BCUT2D eigenvalue weighted by molar-refractivity contribution is 6.30. The molecular weight excluding hydrogens is 257 g/mol. The molecule has 0 fully saturated rings. The molecule has 0 unspecified atom stereocenters. The van der Waals surface area contributed by atoms with Crippen LogP contribution in [-0.4, -0.2) is 11.3 Å². The van der Waals surface area contributed by atoms with E-state index in [0.29, 0.717) is 6.20 Å². The summed E-state index contributed by atoms with van der Waals surface area (Å²) in [5.41, 5.74) is -1.14. The first-order chi connectivity index (χ1) is 7.22. The van der Waals surface area contributed by atoms with Gasteiger partial charge in [-0.1, -0.05) is 11.6 Å². The third-order valence-electron chi connectivity index (χ3n) is 1.73. The van der Waals surface area contributed by atoms with E-state index >= 15 is 0 Å². The van der Waals surface area contributed by atoms with Crippen LogP contribution in [0, 0.1) is 6.92 Å². The predicted octanol–water partition coefficient (Wildman–Crippen LogP) is 3.88. The first kappa shape index (κ1) is 13.0. The Hall–Kier alpha value is -1.11. The van der Waals surface area contributed by atoms with Crippen LogP contribution in [0.15, 0.2) is 6.20 Å². The maximum atomic E-state index is 12.4. The van der Waals surface area contributed by atoms with Crippen LogP contribution in [0.3, 0.4) is 0 Å². The SMILES string of the molecule is Cc1c(OC(F)(F)F)cnc(Cl)c1C(F)F. The summed E-state index contributed by atoms with van der Waals surface area (Å²) < 4.78 is 64.1. The van der Waals surface area contributed by atoms with Crippen molar-refractivity contribution >= 4 is 11.6 Å². The minimum Gasteiger partial charge on any atom is -0.404 e. The van der Waals surface area contributed by atoms with E-state index in [1.165, 1.54) is 0 Å². The summed E-state index contributed by atoms with van der Waals surface area (Å²) >= 11 is 5.34. The summed E-state index contributed by atoms with van der Waals surface area (Å²) in [6, 6.07) is 0. The van der Waals surface area contributed by atoms with Crippen LogP contribution in [-0.2, 0) is 0 Å². The zero-order valence-corrected chi connectivity index (χ0v) is 8.53. The number of aromatic nitrogens is 1. The number of hydrogen-bond donors (Lipinski definition) is 0. The van der Waals surface area contributed by atoms with Gasteiger partial charge in [-0.3, -0.25) is 0 Å². The Balaban J connectivity index is 3.19. The van der Waals surface area contributed by atoms with Crippen LogP contribution in [0.1, 0.15) is 17.6 Å². The molecule has 0 aromatic carbocycles. The lowest BCUT2D eigenvalue weighted by atomic mass is 10.1. The molecule has 0 aliphatic heterocycles. The fourth-order valence-electron chi connectivity index (χ4n) is 1.05. The van der Waals surface area contributed by atoms with E-state index in [4.69, 9.17) is 11.6 Å². The minimum absolute atomic E-state index is 0.382. The maximum Gasteiger partial charge on any atom is 0.573 e. The van der Waals surface area contributed by atoms with Crippen molar-refractivity contribution in [1.82, 2.24) is 4.98 Å². The molecule has 0 aliphatic carbocycles. The molecule has 16 heavy (non-hydrogen) atoms. The minimum atomic E-state index is -4.96. The van der Waals surface area contributed by atoms with Gasteiger partial charge in [0.05, 0.1) is 11.8 Å². The molecule has 1 aromatic rings. The second-order valence-corrected chi connectivity index (χ2v) is 3.16. The first-order valence-corrected chi connectivity index (χ1v) is 4.29. The third kappa shape index (κ3) is 2.94. The van der Waals surface area contributed by atoms with Crippen molar-refractivity contribution in [2.24, 2.45) is 0 Å². The van der Waals surface area contributed by atoms with Crippen molar-refractivity contribution in [3.63, 3.8) is 0 Å². The van der Waals surface area contributed by atoms with Crippen molar-refractivity contribution in [3.05, 3.63) is 22.5 Å². The maximum absolute atomic E-state index is 12.4. The van der Waals surface area contributed by atoms with E-state index in [1.54, 1.807) is 0 Å². The quantitative estimate of drug-likeness (QED) is 0.595. The Kier molecular flexibility index (Phi) is 3.57. The Bertz CT molecular complexity index is 393. The van der Waals surface area contributed by atoms with Crippen LogP contribution in [0.2, 0.25) is 5.15 Å². The van der Waals surface area contributed by atoms with E-state index < -0.39 is 29.3 Å². The second kappa shape index (κ2) is 4.40. The fourth-order valence-corrected chi connectivity index (χ4v) is 1.32. The van der Waals surface area contributed by atoms with Gasteiger partial charge in [0.2, 0.25) is 0 Å². The first-order valence-electron chi connectivity index (χ1n) is 3.91. The van der Waals surface area contributed by atoms with E-state index in [-0.39, 0.29) is 5.56 Å². The second-order valence-electron chi connectivity index (χ2n) is 2.80. The largest absolute Gasteiger partial charge is 0.573 e. The van der Waals surface area contributed by atoms with Crippen molar-refractivity contribution < 1.29 is 26.7 Å². The Labute approximate surface area is 92.0 Å². The summed E-state index contributed by atoms with van der Waals surface area (Å²) in [4.78, 5) is 3.21. The summed E-state index contributed by atoms with van der Waals surface area (Å²) in [5.74, 6) is -0.785. The van der Waals surface area contributed by atoms with Crippen LogP contribution in [0.4, 0.5) is 22.0 Å². The Morgan fingerprint density at radius 3 is 2.38 bits per heavy atom. The molecule has 1 heterocycles. The van der Waals surface area contributed by atoms with Gasteiger partial charge < -0.3 is 4.74 Å². The standard InChI is InChI=1S/C8H5ClF5NO/c1-3-4(16-8(12,13)14)2-15-6(9)5(3)7(10)11/h2,7H,1H3. The van der Waals surface area contributed by atoms with Crippen LogP contribution < -0.4 is 4.74 Å². The number of rotatable bonds is 2. The molecule has 0 amide bonds. The van der Waals surface area contributed by atoms with Crippen LogP contribution in [0.5, 0.6) is 5.75 Å². The predicted molar refractivity (Wildman–Crippen MR) is 45.6 cm³/mol. The van der Waals surface area contributed by atoms with Crippen LogP contribution >= 0.6 is 11.6 Å². The fraction of sp³-hybridized carbons (Fsp3) is 0.375. The topological polar surface area (TPSA) is 22.1 Å². The molecule has 2 nitrogen and oxygen atoms in total. The molecule has 0 radical (unpaired) electrons. The molecule has 8 heteroatoms. The van der Waals surface area contributed by atoms with Gasteiger partial charge in [0.15, 0.2) is 5.75 Å². The van der Waals surface area contributed by atoms with Gasteiger partial charge in [-0.25, -0.2) is 13.8 Å². The van der Waals surface area contributed by atoms with E-state index in [1.807, 2.05) is 0 Å². The van der Waals surface area contributed by atoms with Gasteiger partial charge in [-0.15, -0.1) is 13.2 Å². The van der Waals surface area contributed by atoms with Gasteiger partial charge in [0, 0.05) is 5.56 Å². The average Bonchev–Trinajstić information content (AvgIpc) is 2.07. The summed E-state index contributed by atoms with van der Waals surface area (Å²) in [6.07, 6.45) is -7.33. The normalized spacial score (nSPS) is 12.0. The lowest BCUT2D eigenvalue weighted by Crippen LogP contribution is -2.18. The van der Waals surface area contributed by atoms with Gasteiger partial charge in [0.1, 0.15) is 5.15 Å². The van der Waals surface area contributed by atoms with E-state index in [2.05, 4.69) is 9.72 Å². The average molecular weight is 262 g/mol. The lowest BCUT2D eigenvalue weighted by molar-refractivity contribution is -0.275. The zero-order chi connectivity index (χ0) is 12.5. The van der Waals surface area contributed by atoms with Crippen molar-refractivity contribution in [3.8, 4) is 5.75 Å². The Morgan fingerprint density at radius 2 is 1.94 bits per heavy atom. The molecule has 0 bridgehead atoms. The number of hydrogen-bond acceptors (Lipinski definition) is 2. The number of pyridine rings is 1. The molecule has 0 aliphatic rings. The molecule has 1 rings (SSSR count). The molecular formula is C8H5ClF5NO. The van der Waals surface area contributed by atoms with Crippen molar-refractivity contribution in [2.75, 3.05) is 0 Å². The molecule has 0 spiro atoms. The number of halogens is 6. The van der Waals surface area contributed by atoms with Crippen molar-refractivity contribution in [1.29, 1.82) is 0 Å². The van der Waals surface area contributed by atoms with Gasteiger partial charge in [0.25, 0.3) is 6.43 Å². The smallest absolute Gasteiger partial charge is 0.404 e. The van der Waals surface area contributed by atoms with Gasteiger partial charge >= 0.3 is 6.36 Å². The highest BCUT2D eigenvalue weighted by Gasteiger charge is 2.33. The monoisotopic (exact) mass is 261 g/mol. The summed E-state index contributed by atoms with van der Waals surface area (Å²) in [6.45, 7) is 1.05. The lowest BCUT2D eigenvalue weighted by Gasteiger charge is -2.14. The van der Waals surface area contributed by atoms with E-state index in [0.717, 1.165) is 6.92 Å². The van der Waals surface area contributed by atoms with Crippen molar-refractivity contribution in [2.45, 2.75) is 19.7 Å². The van der Waals surface area contributed by atoms with E-state index in [9.17, 15) is 22.0 Å². The molecule has 0 saturated carbocycles. The number of alkyl halides is 5. The number of ether oxygens (including phenoxy) is 1. The highest BCUT2D eigenvalue weighted by atomic mass is 35.5. The van der Waals surface area contributed by atoms with Gasteiger partial charge in [-0.2, -0.15) is 0 Å². The summed E-state index contributed by atoms with van der Waals surface area (Å²) in [7, 11) is 0. The Morgan fingerprint density at radius 1 is 1.38 bits per heavy atom. The third-order valence-corrected chi connectivity index (χ3v) is 2.04. The highest BCUT2D eigenvalue weighted by Crippen LogP contribution is 2.35. The molecule has 0 N–H and O–H groups in total. The number of nitrogens with zero attached hydrogens (tertiary/aromatic N) is 1. The summed E-state index contributed by atoms with van der Waals surface area (Å²) in [5, 5.41) is -0.540. The molecule has 90 valence electrons.